The van der Waals surface area contributed by atoms with Gasteiger partial charge in [0.2, 0.25) is 11.8 Å². The first-order valence-corrected chi connectivity index (χ1v) is 5.05. The van der Waals surface area contributed by atoms with E-state index in [9.17, 15) is 9.59 Å². The van der Waals surface area contributed by atoms with E-state index in [-0.39, 0.29) is 13.1 Å². The van der Waals surface area contributed by atoms with Crippen LogP contribution in [0.3, 0.4) is 0 Å². The monoisotopic (exact) mass is 247 g/mol. The van der Waals surface area contributed by atoms with E-state index in [4.69, 9.17) is 22.5 Å². The predicted molar refractivity (Wildman–Crippen MR) is 66.2 cm³/mol. The molecule has 0 saturated heterocycles. The lowest BCUT2D eigenvalue weighted by Gasteiger charge is -2.23. The standard InChI is InChI=1S/C11H13N5O2/c12-4-7-1-2-8(13)9(3-7)16(5-10(14)17)6-11(15)18/h1-3H,5-6,13H2,(H2,14,17)(H2,15,18). The van der Waals surface area contributed by atoms with E-state index in [1.807, 2.05) is 6.07 Å². The summed E-state index contributed by atoms with van der Waals surface area (Å²) in [5.41, 5.74) is 17.0. The van der Waals surface area contributed by atoms with Gasteiger partial charge >= 0.3 is 0 Å². The maximum Gasteiger partial charge on any atom is 0.236 e. The summed E-state index contributed by atoms with van der Waals surface area (Å²) in [6.07, 6.45) is 0. The van der Waals surface area contributed by atoms with Gasteiger partial charge in [-0.05, 0) is 18.2 Å². The molecule has 18 heavy (non-hydrogen) atoms. The number of amides is 2. The van der Waals surface area contributed by atoms with Crippen molar-refractivity contribution in [2.75, 3.05) is 23.7 Å². The average molecular weight is 247 g/mol. The minimum absolute atomic E-state index is 0.206. The fourth-order valence-corrected chi connectivity index (χ4v) is 1.49. The molecule has 0 aliphatic rings. The number of nitriles is 1. The number of primary amides is 2. The molecule has 6 N–H and O–H groups in total. The molecule has 7 heteroatoms. The Balaban J connectivity index is 3.14. The third kappa shape index (κ3) is 3.38. The second-order valence-electron chi connectivity index (χ2n) is 3.67. The Bertz CT molecular complexity index is 505. The molecule has 0 atom stereocenters. The molecule has 1 rings (SSSR count). The van der Waals surface area contributed by atoms with Gasteiger partial charge in [0.15, 0.2) is 0 Å². The Morgan fingerprint density at radius 3 is 2.22 bits per heavy atom. The number of nitrogen functional groups attached to an aromatic ring is 1. The molecule has 0 heterocycles. The third-order valence-corrected chi connectivity index (χ3v) is 2.19. The predicted octanol–water partition coefficient (Wildman–Crippen LogP) is -1.08. The van der Waals surface area contributed by atoms with Crippen LogP contribution in [-0.2, 0) is 9.59 Å². The van der Waals surface area contributed by atoms with E-state index in [0.29, 0.717) is 16.9 Å². The van der Waals surface area contributed by atoms with Gasteiger partial charge in [-0.15, -0.1) is 0 Å². The highest BCUT2D eigenvalue weighted by Gasteiger charge is 2.15. The zero-order valence-corrected chi connectivity index (χ0v) is 9.59. The van der Waals surface area contributed by atoms with Crippen molar-refractivity contribution in [2.24, 2.45) is 11.5 Å². The molecule has 0 radical (unpaired) electrons. The zero-order chi connectivity index (χ0) is 13.7. The van der Waals surface area contributed by atoms with Crippen LogP contribution in [0.1, 0.15) is 5.56 Å². The molecule has 7 nitrogen and oxygen atoms in total. The summed E-state index contributed by atoms with van der Waals surface area (Å²) in [6.45, 7) is -0.413. The first-order valence-electron chi connectivity index (χ1n) is 5.05. The summed E-state index contributed by atoms with van der Waals surface area (Å²) < 4.78 is 0. The van der Waals surface area contributed by atoms with Crippen LogP contribution < -0.4 is 22.1 Å². The quantitative estimate of drug-likeness (QED) is 0.567. The van der Waals surface area contributed by atoms with Gasteiger partial charge in [-0.1, -0.05) is 0 Å². The van der Waals surface area contributed by atoms with Crippen molar-refractivity contribution in [2.45, 2.75) is 0 Å². The lowest BCUT2D eigenvalue weighted by molar-refractivity contribution is -0.117. The van der Waals surface area contributed by atoms with Gasteiger partial charge in [0.05, 0.1) is 36.1 Å². The van der Waals surface area contributed by atoms with Crippen molar-refractivity contribution in [3.05, 3.63) is 23.8 Å². The average Bonchev–Trinajstić information content (AvgIpc) is 2.27. The molecule has 0 spiro atoms. The third-order valence-electron chi connectivity index (χ3n) is 2.19. The number of carbonyl (C=O) groups excluding carboxylic acids is 2. The number of benzene rings is 1. The molecule has 1 aromatic rings. The number of rotatable bonds is 5. The second-order valence-corrected chi connectivity index (χ2v) is 3.67. The summed E-state index contributed by atoms with van der Waals surface area (Å²) in [7, 11) is 0. The van der Waals surface area contributed by atoms with Crippen LogP contribution in [0.4, 0.5) is 11.4 Å². The first-order chi connectivity index (χ1) is 8.43. The molecule has 0 saturated carbocycles. The minimum atomic E-state index is -0.627. The largest absolute Gasteiger partial charge is 0.397 e. The maximum atomic E-state index is 11.0. The molecular weight excluding hydrogens is 234 g/mol. The molecule has 2 amide bonds. The number of anilines is 2. The lowest BCUT2D eigenvalue weighted by atomic mass is 10.1. The summed E-state index contributed by atoms with van der Waals surface area (Å²) in [5.74, 6) is -1.25. The molecule has 0 bridgehead atoms. The summed E-state index contributed by atoms with van der Waals surface area (Å²) >= 11 is 0. The maximum absolute atomic E-state index is 11.0. The zero-order valence-electron chi connectivity index (χ0n) is 9.59. The second kappa shape index (κ2) is 5.54. The van der Waals surface area contributed by atoms with Crippen molar-refractivity contribution in [1.29, 1.82) is 5.26 Å². The highest BCUT2D eigenvalue weighted by Crippen LogP contribution is 2.24. The Labute approximate surface area is 104 Å². The molecule has 1 aromatic carbocycles. The van der Waals surface area contributed by atoms with E-state index in [2.05, 4.69) is 0 Å². The highest BCUT2D eigenvalue weighted by molar-refractivity contribution is 5.87. The Kier molecular flexibility index (Phi) is 4.10. The number of hydrogen-bond donors (Lipinski definition) is 3. The Hall–Kier alpha value is -2.75. The molecule has 94 valence electrons. The van der Waals surface area contributed by atoms with Crippen LogP contribution in [0, 0.1) is 11.3 Å². The van der Waals surface area contributed by atoms with Gasteiger partial charge in [-0.3, -0.25) is 9.59 Å². The van der Waals surface area contributed by atoms with Gasteiger partial charge in [-0.2, -0.15) is 5.26 Å². The molecule has 0 aliphatic heterocycles. The normalized spacial score (nSPS) is 9.50. The van der Waals surface area contributed by atoms with Crippen LogP contribution in [0.15, 0.2) is 18.2 Å². The number of carbonyl (C=O) groups is 2. The van der Waals surface area contributed by atoms with Crippen molar-refractivity contribution in [3.8, 4) is 6.07 Å². The van der Waals surface area contributed by atoms with Crippen molar-refractivity contribution in [1.82, 2.24) is 0 Å². The lowest BCUT2D eigenvalue weighted by Crippen LogP contribution is -2.40. The van der Waals surface area contributed by atoms with Crippen LogP contribution in [0.2, 0.25) is 0 Å². The van der Waals surface area contributed by atoms with E-state index in [0.717, 1.165) is 0 Å². The van der Waals surface area contributed by atoms with Gasteiger partial charge in [0.25, 0.3) is 0 Å². The van der Waals surface area contributed by atoms with E-state index >= 15 is 0 Å². The van der Waals surface area contributed by atoms with Gasteiger partial charge in [0, 0.05) is 0 Å². The summed E-state index contributed by atoms with van der Waals surface area (Å²) in [6, 6.07) is 6.46. The molecular formula is C11H13N5O2. The molecule has 0 unspecified atom stereocenters. The summed E-state index contributed by atoms with van der Waals surface area (Å²) in [5, 5.41) is 8.81. The van der Waals surface area contributed by atoms with Crippen molar-refractivity contribution < 1.29 is 9.59 Å². The summed E-state index contributed by atoms with van der Waals surface area (Å²) in [4.78, 5) is 23.2. The van der Waals surface area contributed by atoms with E-state index in [1.54, 1.807) is 0 Å². The van der Waals surface area contributed by atoms with Crippen LogP contribution in [-0.4, -0.2) is 24.9 Å². The molecule has 0 aliphatic carbocycles. The first kappa shape index (κ1) is 13.3. The number of nitrogens with zero attached hydrogens (tertiary/aromatic N) is 2. The Morgan fingerprint density at radius 2 is 1.78 bits per heavy atom. The van der Waals surface area contributed by atoms with E-state index < -0.39 is 11.8 Å². The minimum Gasteiger partial charge on any atom is -0.397 e. The highest BCUT2D eigenvalue weighted by atomic mass is 16.2. The molecule has 0 fully saturated rings. The fourth-order valence-electron chi connectivity index (χ4n) is 1.49. The smallest absolute Gasteiger partial charge is 0.236 e. The fraction of sp³-hybridized carbons (Fsp3) is 0.182. The topological polar surface area (TPSA) is 139 Å². The Morgan fingerprint density at radius 1 is 1.22 bits per heavy atom. The SMILES string of the molecule is N#Cc1ccc(N)c(N(CC(N)=O)CC(N)=O)c1. The van der Waals surface area contributed by atoms with Gasteiger partial charge in [0.1, 0.15) is 0 Å². The van der Waals surface area contributed by atoms with E-state index in [1.165, 1.54) is 23.1 Å². The van der Waals surface area contributed by atoms with Gasteiger partial charge < -0.3 is 22.1 Å². The van der Waals surface area contributed by atoms with Gasteiger partial charge in [-0.25, -0.2) is 0 Å². The number of hydrogen-bond acceptors (Lipinski definition) is 5. The van der Waals surface area contributed by atoms with Crippen LogP contribution >= 0.6 is 0 Å². The molecule has 0 aromatic heterocycles. The van der Waals surface area contributed by atoms with Crippen LogP contribution in [0.5, 0.6) is 0 Å². The van der Waals surface area contributed by atoms with Crippen molar-refractivity contribution in [3.63, 3.8) is 0 Å². The number of nitrogens with two attached hydrogens (primary N) is 3. The van der Waals surface area contributed by atoms with Crippen LogP contribution in [0.25, 0.3) is 0 Å². The van der Waals surface area contributed by atoms with Crippen molar-refractivity contribution >= 4 is 23.2 Å².